The fourth-order valence-corrected chi connectivity index (χ4v) is 4.39. The van der Waals surface area contributed by atoms with E-state index in [1.165, 1.54) is 24.3 Å². The third-order valence-corrected chi connectivity index (χ3v) is 6.85. The first-order valence-corrected chi connectivity index (χ1v) is 12.0. The van der Waals surface area contributed by atoms with Gasteiger partial charge in [-0.15, -0.1) is 0 Å². The summed E-state index contributed by atoms with van der Waals surface area (Å²) in [6.07, 6.45) is 0.709. The summed E-state index contributed by atoms with van der Waals surface area (Å²) in [4.78, 5) is 12.3. The molecule has 8 heteroatoms. The van der Waals surface area contributed by atoms with Crippen molar-refractivity contribution in [2.75, 3.05) is 16.6 Å². The molecule has 0 radical (unpaired) electrons. The van der Waals surface area contributed by atoms with Gasteiger partial charge in [-0.05, 0) is 79.4 Å². The molecule has 0 heterocycles. The van der Waals surface area contributed by atoms with Crippen molar-refractivity contribution in [3.05, 3.63) is 82.4 Å². The number of sulfonamides is 1. The number of hydrogen-bond donors (Lipinski definition) is 2. The van der Waals surface area contributed by atoms with E-state index < -0.39 is 10.0 Å². The van der Waals surface area contributed by atoms with E-state index in [2.05, 4.69) is 10.0 Å². The third-order valence-electron chi connectivity index (χ3n) is 4.87. The third kappa shape index (κ3) is 5.81. The number of amides is 1. The molecule has 0 saturated heterocycles. The van der Waals surface area contributed by atoms with Crippen molar-refractivity contribution >= 4 is 38.9 Å². The van der Waals surface area contributed by atoms with Crippen LogP contribution in [0, 0.1) is 13.8 Å². The average Bonchev–Trinajstić information content (AvgIpc) is 2.76. The Morgan fingerprint density at radius 3 is 2.25 bits per heavy atom. The molecule has 0 aliphatic carbocycles. The van der Waals surface area contributed by atoms with E-state index in [0.29, 0.717) is 28.6 Å². The van der Waals surface area contributed by atoms with Crippen LogP contribution in [-0.2, 0) is 21.2 Å². The maximum Gasteiger partial charge on any atom is 0.262 e. The van der Waals surface area contributed by atoms with Crippen LogP contribution in [0.4, 0.5) is 11.4 Å². The van der Waals surface area contributed by atoms with E-state index >= 15 is 0 Å². The summed E-state index contributed by atoms with van der Waals surface area (Å²) in [5.41, 5.74) is 3.67. The topological polar surface area (TPSA) is 84.5 Å². The molecule has 0 aromatic heterocycles. The Kier molecular flexibility index (Phi) is 7.43. The highest BCUT2D eigenvalue weighted by atomic mass is 35.5. The second-order valence-electron chi connectivity index (χ2n) is 7.35. The monoisotopic (exact) mass is 472 g/mol. The average molecular weight is 473 g/mol. The highest BCUT2D eigenvalue weighted by Crippen LogP contribution is 2.26. The van der Waals surface area contributed by atoms with Crippen LogP contribution in [0.2, 0.25) is 5.02 Å². The van der Waals surface area contributed by atoms with Crippen molar-refractivity contribution in [1.82, 2.24) is 0 Å². The van der Waals surface area contributed by atoms with Crippen molar-refractivity contribution in [1.29, 1.82) is 0 Å². The minimum atomic E-state index is -3.75. The summed E-state index contributed by atoms with van der Waals surface area (Å²) < 4.78 is 33.6. The van der Waals surface area contributed by atoms with E-state index in [0.717, 1.165) is 16.7 Å². The summed E-state index contributed by atoms with van der Waals surface area (Å²) in [5, 5.41) is 3.37. The fraction of sp³-hybridized carbons (Fsp3) is 0.208. The van der Waals surface area contributed by atoms with Gasteiger partial charge < -0.3 is 10.1 Å². The molecular weight excluding hydrogens is 448 g/mol. The van der Waals surface area contributed by atoms with Gasteiger partial charge >= 0.3 is 0 Å². The van der Waals surface area contributed by atoms with E-state index in [4.69, 9.17) is 16.3 Å². The quantitative estimate of drug-likeness (QED) is 0.463. The lowest BCUT2D eigenvalue weighted by Crippen LogP contribution is -2.20. The van der Waals surface area contributed by atoms with Gasteiger partial charge in [0.2, 0.25) is 0 Å². The Morgan fingerprint density at radius 2 is 1.62 bits per heavy atom. The minimum Gasteiger partial charge on any atom is -0.484 e. The number of nitrogens with one attached hydrogen (secondary N) is 2. The van der Waals surface area contributed by atoms with Gasteiger partial charge in [-0.2, -0.15) is 0 Å². The summed E-state index contributed by atoms with van der Waals surface area (Å²) in [7, 11) is -3.75. The maximum atomic E-state index is 12.7. The molecule has 3 aromatic carbocycles. The molecule has 0 spiro atoms. The molecule has 3 rings (SSSR count). The number of para-hydroxylation sites is 1. The smallest absolute Gasteiger partial charge is 0.262 e. The molecule has 0 aliphatic rings. The molecule has 32 heavy (non-hydrogen) atoms. The molecule has 0 fully saturated rings. The second-order valence-corrected chi connectivity index (χ2v) is 9.41. The first kappa shape index (κ1) is 23.6. The van der Waals surface area contributed by atoms with Crippen molar-refractivity contribution in [2.45, 2.75) is 32.1 Å². The highest BCUT2D eigenvalue weighted by molar-refractivity contribution is 7.92. The molecule has 6 nitrogen and oxygen atoms in total. The van der Waals surface area contributed by atoms with Crippen LogP contribution in [0.1, 0.15) is 23.6 Å². The first-order valence-electron chi connectivity index (χ1n) is 10.1. The standard InChI is InChI=1S/C24H25ClN2O4S/c1-4-18-7-5-6-8-22(18)27-32(29,30)21-11-9-19(10-12-21)26-23(28)15-31-20-13-16(2)24(25)17(3)14-20/h5-14,27H,4,15H2,1-3H3,(H,26,28). The molecular formula is C24H25ClN2O4S. The predicted octanol–water partition coefficient (Wildman–Crippen LogP) is 5.34. The molecule has 0 saturated carbocycles. The number of aryl methyl sites for hydroxylation is 3. The minimum absolute atomic E-state index is 0.102. The molecule has 168 valence electrons. The number of halogens is 1. The molecule has 0 aliphatic heterocycles. The van der Waals surface area contributed by atoms with Crippen LogP contribution in [0.5, 0.6) is 5.75 Å². The summed E-state index contributed by atoms with van der Waals surface area (Å²) >= 11 is 6.14. The van der Waals surface area contributed by atoms with Crippen LogP contribution >= 0.6 is 11.6 Å². The van der Waals surface area contributed by atoms with Gasteiger partial charge in [0.1, 0.15) is 5.75 Å². The number of ether oxygens (including phenoxy) is 1. The van der Waals surface area contributed by atoms with Gasteiger partial charge in [0.25, 0.3) is 15.9 Å². The Labute approximate surface area is 193 Å². The zero-order valence-electron chi connectivity index (χ0n) is 18.1. The molecule has 1 amide bonds. The molecule has 0 atom stereocenters. The number of anilines is 2. The molecule has 0 bridgehead atoms. The van der Waals surface area contributed by atoms with Gasteiger partial charge in [-0.3, -0.25) is 9.52 Å². The van der Waals surface area contributed by atoms with E-state index in [9.17, 15) is 13.2 Å². The number of hydrogen-bond acceptors (Lipinski definition) is 4. The van der Waals surface area contributed by atoms with Crippen LogP contribution in [0.3, 0.4) is 0 Å². The van der Waals surface area contributed by atoms with Gasteiger partial charge in [-0.1, -0.05) is 36.7 Å². The summed E-state index contributed by atoms with van der Waals surface area (Å²) in [5.74, 6) is 0.195. The summed E-state index contributed by atoms with van der Waals surface area (Å²) in [6.45, 7) is 5.51. The Balaban J connectivity index is 1.62. The second kappa shape index (κ2) is 10.1. The lowest BCUT2D eigenvalue weighted by atomic mass is 10.1. The van der Waals surface area contributed by atoms with Gasteiger partial charge in [0.05, 0.1) is 10.6 Å². The lowest BCUT2D eigenvalue weighted by molar-refractivity contribution is -0.118. The van der Waals surface area contributed by atoms with Gasteiger partial charge in [0.15, 0.2) is 6.61 Å². The first-order chi connectivity index (χ1) is 15.2. The van der Waals surface area contributed by atoms with Crippen LogP contribution in [-0.4, -0.2) is 20.9 Å². The normalized spacial score (nSPS) is 11.1. The highest BCUT2D eigenvalue weighted by Gasteiger charge is 2.16. The van der Waals surface area contributed by atoms with Crippen LogP contribution < -0.4 is 14.8 Å². The fourth-order valence-electron chi connectivity index (χ4n) is 3.18. The number of carbonyl (C=O) groups excluding carboxylic acids is 1. The van der Waals surface area contributed by atoms with E-state index in [1.54, 1.807) is 24.3 Å². The summed E-state index contributed by atoms with van der Waals surface area (Å²) in [6, 6.07) is 16.8. The van der Waals surface area contributed by atoms with Crippen LogP contribution in [0.15, 0.2) is 65.6 Å². The lowest BCUT2D eigenvalue weighted by Gasteiger charge is -2.12. The SMILES string of the molecule is CCc1ccccc1NS(=O)(=O)c1ccc(NC(=O)COc2cc(C)c(Cl)c(C)c2)cc1. The largest absolute Gasteiger partial charge is 0.484 e. The van der Waals surface area contributed by atoms with Crippen molar-refractivity contribution in [3.8, 4) is 5.75 Å². The Morgan fingerprint density at radius 1 is 1.00 bits per heavy atom. The van der Waals surface area contributed by atoms with Gasteiger partial charge in [-0.25, -0.2) is 8.42 Å². The van der Waals surface area contributed by atoms with E-state index in [1.807, 2.05) is 32.9 Å². The van der Waals surface area contributed by atoms with Gasteiger partial charge in [0, 0.05) is 10.7 Å². The Bertz CT molecular complexity index is 1200. The zero-order valence-corrected chi connectivity index (χ0v) is 19.7. The maximum absolute atomic E-state index is 12.7. The molecule has 0 unspecified atom stereocenters. The van der Waals surface area contributed by atoms with Crippen molar-refractivity contribution in [2.24, 2.45) is 0 Å². The number of rotatable bonds is 8. The predicted molar refractivity (Wildman–Crippen MR) is 128 cm³/mol. The van der Waals surface area contributed by atoms with Crippen molar-refractivity contribution in [3.63, 3.8) is 0 Å². The molecule has 2 N–H and O–H groups in total. The number of carbonyl (C=O) groups is 1. The van der Waals surface area contributed by atoms with Crippen LogP contribution in [0.25, 0.3) is 0 Å². The van der Waals surface area contributed by atoms with Crippen molar-refractivity contribution < 1.29 is 17.9 Å². The number of benzene rings is 3. The molecule has 3 aromatic rings. The Hall–Kier alpha value is -3.03. The van der Waals surface area contributed by atoms with E-state index in [-0.39, 0.29) is 17.4 Å². The zero-order chi connectivity index (χ0) is 23.3.